The van der Waals surface area contributed by atoms with Crippen LogP contribution in [0.2, 0.25) is 0 Å². The molecule has 0 fully saturated rings. The average molecular weight is 301 g/mol. The Balaban J connectivity index is 0.000000713. The highest BCUT2D eigenvalue weighted by Gasteiger charge is 2.03. The topological polar surface area (TPSA) is 0 Å². The summed E-state index contributed by atoms with van der Waals surface area (Å²) in [5.74, 6) is 0. The van der Waals surface area contributed by atoms with Crippen molar-refractivity contribution in [3.8, 4) is 0 Å². The van der Waals surface area contributed by atoms with E-state index in [0.29, 0.717) is 0 Å². The highest BCUT2D eigenvalue weighted by molar-refractivity contribution is 7.81. The Kier molecular flexibility index (Phi) is 10.4. The van der Waals surface area contributed by atoms with E-state index in [4.69, 9.17) is 12.2 Å². The summed E-state index contributed by atoms with van der Waals surface area (Å²) in [6.45, 7) is 12.4. The lowest BCUT2D eigenvalue weighted by Gasteiger charge is -2.05. The summed E-state index contributed by atoms with van der Waals surface area (Å²) in [6, 6.07) is 16.7. The summed E-state index contributed by atoms with van der Waals surface area (Å²) >= 11 is 5.47. The summed E-state index contributed by atoms with van der Waals surface area (Å²) in [5, 5.41) is 0. The molecule has 1 heteroatoms. The molecule has 0 saturated heterocycles. The second kappa shape index (κ2) is 11.2. The van der Waals surface area contributed by atoms with E-state index in [0.717, 1.165) is 16.0 Å². The van der Waals surface area contributed by atoms with Gasteiger partial charge in [-0.1, -0.05) is 106 Å². The van der Waals surface area contributed by atoms with E-state index in [1.165, 1.54) is 17.5 Å². The molecule has 0 heterocycles. The number of thiocarbonyl (C=S) groups is 1. The van der Waals surface area contributed by atoms with E-state index in [-0.39, 0.29) is 0 Å². The van der Waals surface area contributed by atoms with Gasteiger partial charge in [-0.05, 0) is 25.0 Å². The quantitative estimate of drug-likeness (QED) is 0.450. The number of hydrogen-bond donors (Lipinski definition) is 0. The van der Waals surface area contributed by atoms with Gasteiger partial charge in [0, 0.05) is 0 Å². The highest BCUT2D eigenvalue weighted by Crippen LogP contribution is 2.13. The van der Waals surface area contributed by atoms with Crippen LogP contribution in [-0.4, -0.2) is 4.86 Å². The number of hydrogen-bond acceptors (Lipinski definition) is 1. The smallest absolute Gasteiger partial charge is 0.0521 e. The molecule has 2 aromatic rings. The van der Waals surface area contributed by atoms with E-state index in [1.54, 1.807) is 0 Å². The Morgan fingerprint density at radius 1 is 0.714 bits per heavy atom. The van der Waals surface area contributed by atoms with Gasteiger partial charge < -0.3 is 0 Å². The minimum Gasteiger partial charge on any atom is -0.0788 e. The summed E-state index contributed by atoms with van der Waals surface area (Å²) in [7, 11) is 0. The molecule has 2 rings (SSSR count). The maximum absolute atomic E-state index is 5.47. The van der Waals surface area contributed by atoms with Crippen molar-refractivity contribution in [3.05, 3.63) is 70.8 Å². The number of rotatable bonds is 2. The lowest BCUT2D eigenvalue weighted by Crippen LogP contribution is -1.99. The standard InChI is InChI=1S/C15H14S.C3H8.C2H6/c1-11-3-7-13(8-4-11)15(16)14-9-5-12(2)6-10-14;1-3-2;1-2/h3-10H,1-2H3;3H2,1-2H3;1-2H3. The van der Waals surface area contributed by atoms with E-state index in [9.17, 15) is 0 Å². The van der Waals surface area contributed by atoms with Crippen LogP contribution in [0.15, 0.2) is 48.5 Å². The lowest BCUT2D eigenvalue weighted by molar-refractivity contribution is 1.09. The SMILES string of the molecule is CC.CCC.Cc1ccc(C(=S)c2ccc(C)cc2)cc1. The first-order chi connectivity index (χ1) is 10.1. The zero-order valence-electron chi connectivity index (χ0n) is 14.2. The van der Waals surface area contributed by atoms with Crippen molar-refractivity contribution in [2.45, 2.75) is 48.0 Å². The van der Waals surface area contributed by atoms with Gasteiger partial charge in [-0.25, -0.2) is 0 Å². The highest BCUT2D eigenvalue weighted by atomic mass is 32.1. The van der Waals surface area contributed by atoms with Crippen LogP contribution in [0.3, 0.4) is 0 Å². The molecule has 2 aromatic carbocycles. The van der Waals surface area contributed by atoms with E-state index >= 15 is 0 Å². The zero-order chi connectivity index (χ0) is 16.3. The fourth-order valence-corrected chi connectivity index (χ4v) is 1.85. The third-order valence-corrected chi connectivity index (χ3v) is 3.10. The Morgan fingerprint density at radius 3 is 1.19 bits per heavy atom. The largest absolute Gasteiger partial charge is 0.0788 e. The number of benzene rings is 2. The lowest BCUT2D eigenvalue weighted by atomic mass is 10.0. The van der Waals surface area contributed by atoms with Gasteiger partial charge in [0.2, 0.25) is 0 Å². The first-order valence-corrected chi connectivity index (χ1v) is 8.17. The molecule has 0 unspecified atom stereocenters. The van der Waals surface area contributed by atoms with Gasteiger partial charge in [0.25, 0.3) is 0 Å². The van der Waals surface area contributed by atoms with Crippen LogP contribution < -0.4 is 0 Å². The zero-order valence-corrected chi connectivity index (χ0v) is 15.1. The van der Waals surface area contributed by atoms with Crippen LogP contribution in [0, 0.1) is 13.8 Å². The molecule has 0 aliphatic rings. The maximum atomic E-state index is 5.47. The predicted octanol–water partition coefficient (Wildman–Crippen LogP) is 6.51. The van der Waals surface area contributed by atoms with Crippen molar-refractivity contribution in [2.24, 2.45) is 0 Å². The van der Waals surface area contributed by atoms with Crippen LogP contribution in [0.1, 0.15) is 56.4 Å². The molecule has 0 nitrogen and oxygen atoms in total. The molecular formula is C20H28S. The van der Waals surface area contributed by atoms with Gasteiger partial charge in [-0.3, -0.25) is 0 Å². The molecule has 0 radical (unpaired) electrons. The monoisotopic (exact) mass is 300 g/mol. The van der Waals surface area contributed by atoms with Crippen LogP contribution in [0.5, 0.6) is 0 Å². The third-order valence-electron chi connectivity index (χ3n) is 2.63. The van der Waals surface area contributed by atoms with Gasteiger partial charge in [-0.15, -0.1) is 0 Å². The van der Waals surface area contributed by atoms with Crippen molar-refractivity contribution in [2.75, 3.05) is 0 Å². The van der Waals surface area contributed by atoms with Gasteiger partial charge in [0.15, 0.2) is 0 Å². The van der Waals surface area contributed by atoms with Gasteiger partial charge >= 0.3 is 0 Å². The van der Waals surface area contributed by atoms with Crippen LogP contribution in [0.4, 0.5) is 0 Å². The Morgan fingerprint density at radius 2 is 0.952 bits per heavy atom. The first-order valence-electron chi connectivity index (χ1n) is 7.76. The molecule has 0 bridgehead atoms. The molecule has 0 spiro atoms. The summed E-state index contributed by atoms with van der Waals surface area (Å²) < 4.78 is 0. The van der Waals surface area contributed by atoms with Crippen LogP contribution in [0.25, 0.3) is 0 Å². The molecule has 0 N–H and O–H groups in total. The van der Waals surface area contributed by atoms with Crippen molar-refractivity contribution < 1.29 is 0 Å². The Hall–Kier alpha value is -1.47. The molecule has 0 saturated carbocycles. The second-order valence-corrected chi connectivity index (χ2v) is 5.18. The number of aryl methyl sites for hydroxylation is 2. The van der Waals surface area contributed by atoms with Crippen LogP contribution >= 0.6 is 12.2 Å². The molecule has 114 valence electrons. The van der Waals surface area contributed by atoms with Gasteiger partial charge in [0.1, 0.15) is 0 Å². The van der Waals surface area contributed by atoms with Crippen molar-refractivity contribution in [1.82, 2.24) is 0 Å². The van der Waals surface area contributed by atoms with Crippen molar-refractivity contribution in [1.29, 1.82) is 0 Å². The van der Waals surface area contributed by atoms with E-state index in [1.807, 2.05) is 13.8 Å². The molecule has 0 aromatic heterocycles. The molecular weight excluding hydrogens is 272 g/mol. The molecule has 0 aliphatic carbocycles. The predicted molar refractivity (Wildman–Crippen MR) is 100 cm³/mol. The fraction of sp³-hybridized carbons (Fsp3) is 0.350. The normalized spacial score (nSPS) is 8.86. The average Bonchev–Trinajstić information content (AvgIpc) is 2.51. The summed E-state index contributed by atoms with van der Waals surface area (Å²) in [5.41, 5.74) is 4.75. The summed E-state index contributed by atoms with van der Waals surface area (Å²) in [6.07, 6.45) is 1.25. The van der Waals surface area contributed by atoms with Crippen LogP contribution in [-0.2, 0) is 0 Å². The molecule has 0 atom stereocenters. The third kappa shape index (κ3) is 7.19. The van der Waals surface area contributed by atoms with Gasteiger partial charge in [0.05, 0.1) is 4.86 Å². The van der Waals surface area contributed by atoms with Crippen molar-refractivity contribution in [3.63, 3.8) is 0 Å². The molecule has 21 heavy (non-hydrogen) atoms. The maximum Gasteiger partial charge on any atom is 0.0521 e. The Labute approximate surface area is 136 Å². The van der Waals surface area contributed by atoms with E-state index < -0.39 is 0 Å². The fourth-order valence-electron chi connectivity index (χ4n) is 1.58. The van der Waals surface area contributed by atoms with E-state index in [2.05, 4.69) is 76.2 Å². The minimum absolute atomic E-state index is 0.917. The Bertz CT molecular complexity index is 459. The molecule has 0 amide bonds. The minimum atomic E-state index is 0.917. The summed E-state index contributed by atoms with van der Waals surface area (Å²) in [4.78, 5) is 0.917. The van der Waals surface area contributed by atoms with Crippen molar-refractivity contribution >= 4 is 17.1 Å². The first kappa shape index (κ1) is 19.5. The molecule has 0 aliphatic heterocycles. The van der Waals surface area contributed by atoms with Gasteiger partial charge in [-0.2, -0.15) is 0 Å². The second-order valence-electron chi connectivity index (χ2n) is 4.77.